The number of fused-ring (bicyclic) bond motifs is 1. The number of halogens is 4. The monoisotopic (exact) mass is 619 g/mol. The van der Waals surface area contributed by atoms with Crippen LogP contribution in [0.4, 0.5) is 18.2 Å². The van der Waals surface area contributed by atoms with Gasteiger partial charge in [-0.1, -0.05) is 58.0 Å². The standard InChI is InChI=1S/C26H32BrF3N2O3S2/c1-17(2)14-31(15-18(3)4)20(13-19-9-11-21(12-10-19)35-26(28,29)30)16-32(37(33)34)25-24(27)22-7-5-6-8-23(22)36-25/h5-12,17-18,20H,13-16H2,1-4H3,(H,33,34)/p-1. The van der Waals surface area contributed by atoms with Gasteiger partial charge in [-0.3, -0.25) is 13.4 Å². The molecule has 11 heteroatoms. The first-order valence-electron chi connectivity index (χ1n) is 12.0. The summed E-state index contributed by atoms with van der Waals surface area (Å²) < 4.78 is 69.9. The summed E-state index contributed by atoms with van der Waals surface area (Å²) in [4.78, 5) is 2.29. The van der Waals surface area contributed by atoms with Crippen molar-refractivity contribution in [2.24, 2.45) is 11.8 Å². The smallest absolute Gasteiger partial charge is 0.573 e. The highest BCUT2D eigenvalue weighted by Gasteiger charge is 2.31. The summed E-state index contributed by atoms with van der Waals surface area (Å²) in [7, 11) is 0. The summed E-state index contributed by atoms with van der Waals surface area (Å²) in [6.45, 7) is 10.1. The lowest BCUT2D eigenvalue weighted by atomic mass is 10.0. The summed E-state index contributed by atoms with van der Waals surface area (Å²) in [6, 6.07) is 13.3. The molecule has 0 bridgehead atoms. The van der Waals surface area contributed by atoms with Crippen LogP contribution in [0.2, 0.25) is 0 Å². The Morgan fingerprint density at radius 1 is 1.00 bits per heavy atom. The number of anilines is 1. The van der Waals surface area contributed by atoms with E-state index in [0.717, 1.165) is 33.2 Å². The van der Waals surface area contributed by atoms with Crippen LogP contribution in [0.25, 0.3) is 10.1 Å². The van der Waals surface area contributed by atoms with Crippen LogP contribution in [0, 0.1) is 11.8 Å². The fourth-order valence-corrected chi connectivity index (χ4v) is 7.16. The van der Waals surface area contributed by atoms with Gasteiger partial charge < -0.3 is 9.29 Å². The zero-order valence-electron chi connectivity index (χ0n) is 21.1. The molecule has 37 heavy (non-hydrogen) atoms. The van der Waals surface area contributed by atoms with Crippen molar-refractivity contribution in [3.8, 4) is 5.75 Å². The second-order valence-electron chi connectivity index (χ2n) is 9.79. The average molecular weight is 621 g/mol. The lowest BCUT2D eigenvalue weighted by molar-refractivity contribution is -0.274. The van der Waals surface area contributed by atoms with E-state index in [2.05, 4.69) is 53.3 Å². The summed E-state index contributed by atoms with van der Waals surface area (Å²) in [5.41, 5.74) is 0.795. The largest absolute Gasteiger partial charge is 0.755 e. The first-order chi connectivity index (χ1) is 17.3. The lowest BCUT2D eigenvalue weighted by Gasteiger charge is -2.38. The molecular formula is C26H31BrF3N2O3S2-. The van der Waals surface area contributed by atoms with Crippen molar-refractivity contribution in [2.45, 2.75) is 46.5 Å². The number of ether oxygens (including phenoxy) is 1. The second-order valence-corrected chi connectivity index (χ2v) is 12.5. The van der Waals surface area contributed by atoms with E-state index in [1.807, 2.05) is 24.3 Å². The zero-order valence-corrected chi connectivity index (χ0v) is 24.3. The number of alkyl halides is 3. The second kappa shape index (κ2) is 12.9. The number of hydrogen-bond acceptors (Lipinski definition) is 5. The third-order valence-corrected chi connectivity index (χ3v) is 8.71. The highest BCUT2D eigenvalue weighted by atomic mass is 79.9. The Hall–Kier alpha value is -1.66. The molecule has 0 aliphatic heterocycles. The quantitative estimate of drug-likeness (QED) is 0.198. The van der Waals surface area contributed by atoms with Crippen molar-refractivity contribution in [3.63, 3.8) is 0 Å². The van der Waals surface area contributed by atoms with Gasteiger partial charge in [0, 0.05) is 47.0 Å². The first kappa shape index (κ1) is 29.9. The van der Waals surface area contributed by atoms with Crippen LogP contribution in [0.5, 0.6) is 5.75 Å². The molecule has 1 heterocycles. The van der Waals surface area contributed by atoms with Gasteiger partial charge in [0.2, 0.25) is 0 Å². The van der Waals surface area contributed by atoms with E-state index in [0.29, 0.717) is 23.3 Å². The SMILES string of the molecule is CC(C)CN(CC(C)C)C(Cc1ccc(OC(F)(F)F)cc1)CN(c1sc2ccccc2c1Br)S(=O)[O-]. The molecule has 204 valence electrons. The maximum atomic E-state index is 12.6. The molecule has 0 aliphatic carbocycles. The molecule has 0 spiro atoms. The number of thiophene rings is 1. The Kier molecular flexibility index (Phi) is 10.4. The number of benzene rings is 2. The van der Waals surface area contributed by atoms with Crippen LogP contribution in [0.15, 0.2) is 53.0 Å². The molecule has 0 saturated carbocycles. The molecule has 2 atom stereocenters. The average Bonchev–Trinajstić information content (AvgIpc) is 3.11. The molecule has 3 aromatic rings. The summed E-state index contributed by atoms with van der Waals surface area (Å²) in [5, 5.41) is 1.54. The minimum Gasteiger partial charge on any atom is -0.755 e. The Balaban J connectivity index is 1.96. The third kappa shape index (κ3) is 8.68. The Morgan fingerprint density at radius 3 is 2.11 bits per heavy atom. The van der Waals surface area contributed by atoms with Crippen molar-refractivity contribution in [2.75, 3.05) is 23.9 Å². The van der Waals surface area contributed by atoms with Gasteiger partial charge in [-0.05, 0) is 57.9 Å². The lowest BCUT2D eigenvalue weighted by Crippen LogP contribution is -2.48. The molecule has 0 saturated heterocycles. The highest BCUT2D eigenvalue weighted by Crippen LogP contribution is 2.42. The van der Waals surface area contributed by atoms with Gasteiger partial charge in [0.15, 0.2) is 0 Å². The van der Waals surface area contributed by atoms with Crippen LogP contribution >= 0.6 is 27.3 Å². The highest BCUT2D eigenvalue weighted by molar-refractivity contribution is 9.10. The van der Waals surface area contributed by atoms with Gasteiger partial charge in [0.1, 0.15) is 10.8 Å². The van der Waals surface area contributed by atoms with Crippen LogP contribution in [-0.2, 0) is 17.7 Å². The van der Waals surface area contributed by atoms with Crippen molar-refractivity contribution in [1.82, 2.24) is 4.90 Å². The van der Waals surface area contributed by atoms with Crippen LogP contribution in [-0.4, -0.2) is 45.7 Å². The van der Waals surface area contributed by atoms with E-state index in [4.69, 9.17) is 0 Å². The first-order valence-corrected chi connectivity index (χ1v) is 14.6. The van der Waals surface area contributed by atoms with Crippen molar-refractivity contribution < 1.29 is 26.7 Å². The fraction of sp³-hybridized carbons (Fsp3) is 0.462. The number of hydrogen-bond donors (Lipinski definition) is 0. The van der Waals surface area contributed by atoms with E-state index in [9.17, 15) is 21.9 Å². The molecule has 0 aliphatic rings. The molecule has 3 rings (SSSR count). The Bertz CT molecular complexity index is 1180. The van der Waals surface area contributed by atoms with E-state index in [1.165, 1.54) is 27.8 Å². The molecule has 0 amide bonds. The van der Waals surface area contributed by atoms with Gasteiger partial charge in [0.05, 0.1) is 4.47 Å². The summed E-state index contributed by atoms with van der Waals surface area (Å²) in [6.07, 6.45) is -4.30. The molecule has 0 fully saturated rings. The molecule has 2 aromatic carbocycles. The predicted octanol–water partition coefficient (Wildman–Crippen LogP) is 7.39. The fourth-order valence-electron chi connectivity index (χ4n) is 4.28. The van der Waals surface area contributed by atoms with Gasteiger partial charge in [-0.15, -0.1) is 24.5 Å². The molecule has 0 radical (unpaired) electrons. The molecular weight excluding hydrogens is 589 g/mol. The third-order valence-electron chi connectivity index (χ3n) is 5.64. The van der Waals surface area contributed by atoms with Gasteiger partial charge in [-0.2, -0.15) is 0 Å². The van der Waals surface area contributed by atoms with Crippen LogP contribution in [0.3, 0.4) is 0 Å². The van der Waals surface area contributed by atoms with Gasteiger partial charge in [-0.25, -0.2) is 0 Å². The molecule has 0 N–H and O–H groups in total. The van der Waals surface area contributed by atoms with Crippen LogP contribution in [0.1, 0.15) is 33.3 Å². The normalized spacial score (nSPS) is 14.1. The predicted molar refractivity (Wildman–Crippen MR) is 148 cm³/mol. The van der Waals surface area contributed by atoms with Gasteiger partial charge in [0.25, 0.3) is 0 Å². The van der Waals surface area contributed by atoms with Crippen molar-refractivity contribution >= 4 is 53.6 Å². The Morgan fingerprint density at radius 2 is 1.59 bits per heavy atom. The molecule has 1 aromatic heterocycles. The zero-order chi connectivity index (χ0) is 27.3. The van der Waals surface area contributed by atoms with E-state index < -0.39 is 17.6 Å². The van der Waals surface area contributed by atoms with Crippen LogP contribution < -0.4 is 9.04 Å². The van der Waals surface area contributed by atoms with Gasteiger partial charge >= 0.3 is 6.36 Å². The molecule has 5 nitrogen and oxygen atoms in total. The van der Waals surface area contributed by atoms with Crippen molar-refractivity contribution in [1.29, 1.82) is 0 Å². The molecule has 2 unspecified atom stereocenters. The summed E-state index contributed by atoms with van der Waals surface area (Å²) >= 11 is 2.47. The Labute approximate surface area is 231 Å². The van der Waals surface area contributed by atoms with E-state index in [-0.39, 0.29) is 18.3 Å². The van der Waals surface area contributed by atoms with E-state index in [1.54, 1.807) is 12.1 Å². The maximum absolute atomic E-state index is 12.6. The number of rotatable bonds is 12. The van der Waals surface area contributed by atoms with Crippen molar-refractivity contribution in [3.05, 3.63) is 58.6 Å². The minimum absolute atomic E-state index is 0.196. The minimum atomic E-state index is -4.76. The summed E-state index contributed by atoms with van der Waals surface area (Å²) in [5.74, 6) is 0.391. The maximum Gasteiger partial charge on any atom is 0.573 e. The number of nitrogens with zero attached hydrogens (tertiary/aromatic N) is 2. The topological polar surface area (TPSA) is 55.8 Å². The van der Waals surface area contributed by atoms with E-state index >= 15 is 0 Å².